The number of morpholine rings is 1. The highest BCUT2D eigenvalue weighted by molar-refractivity contribution is 5.77. The zero-order chi connectivity index (χ0) is 14.1. The average Bonchev–Trinajstić information content (AvgIpc) is 3.05. The van der Waals surface area contributed by atoms with E-state index in [4.69, 9.17) is 14.6 Å². The third-order valence-corrected chi connectivity index (χ3v) is 4.45. The number of carboxylic acid groups (broad SMARTS) is 1. The zero-order valence-corrected chi connectivity index (χ0v) is 11.3. The van der Waals surface area contributed by atoms with E-state index in [1.54, 1.807) is 4.90 Å². The molecule has 2 saturated heterocycles. The second kappa shape index (κ2) is 5.57. The van der Waals surface area contributed by atoms with Gasteiger partial charge in [0, 0.05) is 6.54 Å². The van der Waals surface area contributed by atoms with Gasteiger partial charge in [0.2, 0.25) is 0 Å². The highest BCUT2D eigenvalue weighted by Crippen LogP contribution is 2.29. The second-order valence-electron chi connectivity index (χ2n) is 5.64. The minimum Gasteiger partial charge on any atom is -0.481 e. The quantitative estimate of drug-likeness (QED) is 0.748. The van der Waals surface area contributed by atoms with Gasteiger partial charge in [-0.05, 0) is 19.3 Å². The topological polar surface area (TPSA) is 88.1 Å². The van der Waals surface area contributed by atoms with Crippen molar-refractivity contribution in [3.05, 3.63) is 0 Å². The molecule has 2 aliphatic heterocycles. The summed E-state index contributed by atoms with van der Waals surface area (Å²) in [6, 6.07) is -0.496. The molecular formula is C13H20N2O5. The number of nitrogens with one attached hydrogen (secondary N) is 1. The van der Waals surface area contributed by atoms with Gasteiger partial charge in [0.1, 0.15) is 5.92 Å². The van der Waals surface area contributed by atoms with Gasteiger partial charge in [0.15, 0.2) is 0 Å². The fraction of sp³-hybridized carbons (Fsp3) is 0.846. The lowest BCUT2D eigenvalue weighted by atomic mass is 10.0. The molecule has 2 amide bonds. The van der Waals surface area contributed by atoms with E-state index in [9.17, 15) is 9.59 Å². The van der Waals surface area contributed by atoms with Crippen molar-refractivity contribution >= 4 is 12.0 Å². The first kappa shape index (κ1) is 13.6. The molecule has 2 heterocycles. The molecule has 4 unspecified atom stereocenters. The van der Waals surface area contributed by atoms with Crippen molar-refractivity contribution in [2.24, 2.45) is 5.92 Å². The maximum Gasteiger partial charge on any atom is 0.318 e. The average molecular weight is 284 g/mol. The number of nitrogens with zero attached hydrogens (tertiary/aromatic N) is 1. The van der Waals surface area contributed by atoms with Gasteiger partial charge in [-0.3, -0.25) is 4.79 Å². The summed E-state index contributed by atoms with van der Waals surface area (Å²) in [6.07, 6.45) is 3.17. The molecule has 0 radical (unpaired) electrons. The Morgan fingerprint density at radius 2 is 2.10 bits per heavy atom. The SMILES string of the molecule is O=C(O)C1COCC1NC(=O)N1CCOC2CCCC21. The third-order valence-electron chi connectivity index (χ3n) is 4.45. The maximum atomic E-state index is 12.4. The van der Waals surface area contributed by atoms with Crippen LogP contribution in [0.5, 0.6) is 0 Å². The van der Waals surface area contributed by atoms with E-state index in [0.29, 0.717) is 13.2 Å². The molecule has 0 aromatic rings. The summed E-state index contributed by atoms with van der Waals surface area (Å²) in [6.45, 7) is 1.55. The smallest absolute Gasteiger partial charge is 0.318 e. The first-order chi connectivity index (χ1) is 9.66. The van der Waals surface area contributed by atoms with Gasteiger partial charge in [-0.2, -0.15) is 0 Å². The summed E-state index contributed by atoms with van der Waals surface area (Å²) in [7, 11) is 0. The minimum absolute atomic E-state index is 0.134. The normalized spacial score (nSPS) is 36.7. The number of hydrogen-bond donors (Lipinski definition) is 2. The van der Waals surface area contributed by atoms with Crippen molar-refractivity contribution in [1.82, 2.24) is 10.2 Å². The summed E-state index contributed by atoms with van der Waals surface area (Å²) in [4.78, 5) is 25.3. The van der Waals surface area contributed by atoms with Crippen LogP contribution in [-0.4, -0.2) is 66.6 Å². The number of urea groups is 1. The molecule has 0 bridgehead atoms. The predicted molar refractivity (Wildman–Crippen MR) is 68.3 cm³/mol. The molecule has 112 valence electrons. The number of amides is 2. The van der Waals surface area contributed by atoms with Crippen LogP contribution in [-0.2, 0) is 14.3 Å². The van der Waals surface area contributed by atoms with Crippen molar-refractivity contribution < 1.29 is 24.2 Å². The number of aliphatic carboxylic acids is 1. The van der Waals surface area contributed by atoms with E-state index < -0.39 is 17.9 Å². The lowest BCUT2D eigenvalue weighted by molar-refractivity contribution is -0.142. The van der Waals surface area contributed by atoms with Crippen LogP contribution in [0.25, 0.3) is 0 Å². The third kappa shape index (κ3) is 2.47. The molecular weight excluding hydrogens is 264 g/mol. The molecule has 1 aliphatic carbocycles. The highest BCUT2D eigenvalue weighted by atomic mass is 16.5. The van der Waals surface area contributed by atoms with Crippen LogP contribution in [0.1, 0.15) is 19.3 Å². The van der Waals surface area contributed by atoms with Gasteiger partial charge in [0.05, 0.1) is 38.0 Å². The van der Waals surface area contributed by atoms with Crippen LogP contribution in [0, 0.1) is 5.92 Å². The van der Waals surface area contributed by atoms with Crippen molar-refractivity contribution in [3.63, 3.8) is 0 Å². The number of carboxylic acids is 1. The van der Waals surface area contributed by atoms with Crippen LogP contribution < -0.4 is 5.32 Å². The molecule has 7 heteroatoms. The number of ether oxygens (including phenoxy) is 2. The molecule has 1 saturated carbocycles. The first-order valence-electron chi connectivity index (χ1n) is 7.16. The van der Waals surface area contributed by atoms with E-state index in [1.165, 1.54) is 0 Å². The molecule has 0 aromatic heterocycles. The molecule has 0 spiro atoms. The maximum absolute atomic E-state index is 12.4. The Morgan fingerprint density at radius 3 is 2.90 bits per heavy atom. The van der Waals surface area contributed by atoms with Crippen LogP contribution >= 0.6 is 0 Å². The summed E-state index contributed by atoms with van der Waals surface area (Å²) >= 11 is 0. The van der Waals surface area contributed by atoms with Crippen molar-refractivity contribution in [2.75, 3.05) is 26.4 Å². The molecule has 4 atom stereocenters. The fourth-order valence-electron chi connectivity index (χ4n) is 3.36. The van der Waals surface area contributed by atoms with Gasteiger partial charge >= 0.3 is 12.0 Å². The van der Waals surface area contributed by atoms with Gasteiger partial charge < -0.3 is 24.8 Å². The molecule has 3 fully saturated rings. The lowest BCUT2D eigenvalue weighted by Crippen LogP contribution is -2.57. The summed E-state index contributed by atoms with van der Waals surface area (Å²) in [5.41, 5.74) is 0. The van der Waals surface area contributed by atoms with E-state index in [0.717, 1.165) is 19.3 Å². The Balaban J connectivity index is 1.62. The van der Waals surface area contributed by atoms with Crippen LogP contribution in [0.15, 0.2) is 0 Å². The first-order valence-corrected chi connectivity index (χ1v) is 7.16. The molecule has 3 rings (SSSR count). The van der Waals surface area contributed by atoms with Crippen LogP contribution in [0.2, 0.25) is 0 Å². The second-order valence-corrected chi connectivity index (χ2v) is 5.64. The molecule has 7 nitrogen and oxygen atoms in total. The van der Waals surface area contributed by atoms with Gasteiger partial charge in [-0.15, -0.1) is 0 Å². The number of carbonyl (C=O) groups is 2. The van der Waals surface area contributed by atoms with Crippen molar-refractivity contribution in [1.29, 1.82) is 0 Å². The van der Waals surface area contributed by atoms with Crippen molar-refractivity contribution in [3.8, 4) is 0 Å². The largest absolute Gasteiger partial charge is 0.481 e. The van der Waals surface area contributed by atoms with E-state index in [2.05, 4.69) is 5.32 Å². The minimum atomic E-state index is -0.923. The lowest BCUT2D eigenvalue weighted by Gasteiger charge is -2.38. The van der Waals surface area contributed by atoms with Gasteiger partial charge in [-0.25, -0.2) is 4.79 Å². The molecule has 3 aliphatic rings. The summed E-state index contributed by atoms with van der Waals surface area (Å²) < 4.78 is 10.8. The van der Waals surface area contributed by atoms with Gasteiger partial charge in [-0.1, -0.05) is 0 Å². The zero-order valence-electron chi connectivity index (χ0n) is 11.3. The molecule has 20 heavy (non-hydrogen) atoms. The Morgan fingerprint density at radius 1 is 1.25 bits per heavy atom. The summed E-state index contributed by atoms with van der Waals surface area (Å²) in [5.74, 6) is -1.58. The molecule has 2 N–H and O–H groups in total. The number of rotatable bonds is 2. The van der Waals surface area contributed by atoms with Crippen molar-refractivity contribution in [2.45, 2.75) is 37.5 Å². The van der Waals surface area contributed by atoms with E-state index in [1.807, 2.05) is 0 Å². The Bertz CT molecular complexity index is 402. The summed E-state index contributed by atoms with van der Waals surface area (Å²) in [5, 5.41) is 11.9. The number of carbonyl (C=O) groups excluding carboxylic acids is 1. The highest BCUT2D eigenvalue weighted by Gasteiger charge is 2.41. The Kier molecular flexibility index (Phi) is 3.80. The fourth-order valence-corrected chi connectivity index (χ4v) is 3.36. The number of fused-ring (bicyclic) bond motifs is 1. The van der Waals surface area contributed by atoms with Crippen LogP contribution in [0.4, 0.5) is 4.79 Å². The molecule has 0 aromatic carbocycles. The van der Waals surface area contributed by atoms with Gasteiger partial charge in [0.25, 0.3) is 0 Å². The standard InChI is InChI=1S/C13H20N2O5/c16-12(17)8-6-19-7-9(8)14-13(18)15-4-5-20-11-3-1-2-10(11)15/h8-11H,1-7H2,(H,14,18)(H,16,17). The number of hydrogen-bond acceptors (Lipinski definition) is 4. The predicted octanol–water partition coefficient (Wildman–Crippen LogP) is 0.0489. The Labute approximate surface area is 117 Å². The van der Waals surface area contributed by atoms with E-state index in [-0.39, 0.29) is 31.4 Å². The Hall–Kier alpha value is -1.34. The van der Waals surface area contributed by atoms with Crippen LogP contribution in [0.3, 0.4) is 0 Å². The monoisotopic (exact) mass is 284 g/mol. The van der Waals surface area contributed by atoms with E-state index >= 15 is 0 Å².